The van der Waals surface area contributed by atoms with Gasteiger partial charge in [-0.25, -0.2) is 24.5 Å². The maximum Gasteiger partial charge on any atom is 0.573 e. The normalized spacial score (nSPS) is 12.5. The first-order valence-corrected chi connectivity index (χ1v) is 12.3. The Morgan fingerprint density at radius 3 is 2.24 bits per heavy atom. The zero-order valence-corrected chi connectivity index (χ0v) is 23.3. The second-order valence-corrected chi connectivity index (χ2v) is 11.4. The van der Waals surface area contributed by atoms with E-state index in [2.05, 4.69) is 30.6 Å². The van der Waals surface area contributed by atoms with Crippen LogP contribution in [0.2, 0.25) is 0 Å². The number of imidazole rings is 1. The largest absolute Gasteiger partial charge is 0.573 e. The van der Waals surface area contributed by atoms with Crippen molar-refractivity contribution in [3.05, 3.63) is 40.8 Å². The van der Waals surface area contributed by atoms with Gasteiger partial charge in [-0.3, -0.25) is 0 Å². The van der Waals surface area contributed by atoms with Gasteiger partial charge in [-0.2, -0.15) is 0 Å². The summed E-state index contributed by atoms with van der Waals surface area (Å²) in [6.45, 7) is 8.89. The molecule has 0 atom stereocenters. The van der Waals surface area contributed by atoms with E-state index in [4.69, 9.17) is 4.74 Å². The molecule has 3 aromatic rings. The van der Waals surface area contributed by atoms with E-state index in [-0.39, 0.29) is 16.8 Å². The summed E-state index contributed by atoms with van der Waals surface area (Å²) in [4.78, 5) is 34.4. The number of carbonyl (C=O) groups excluding carboxylic acids is 1. The Kier molecular flexibility index (Phi) is 8.02. The number of hydrogen-bond donors (Lipinski definition) is 1. The van der Waals surface area contributed by atoms with Gasteiger partial charge < -0.3 is 19.1 Å². The number of ether oxygens (including phenoxy) is 2. The molecule has 1 N–H and O–H groups in total. The van der Waals surface area contributed by atoms with Crippen molar-refractivity contribution in [2.24, 2.45) is 12.5 Å². The third-order valence-electron chi connectivity index (χ3n) is 5.31. The number of carbonyl (C=O) groups is 2. The lowest BCUT2D eigenvalue weighted by Crippen LogP contribution is -2.42. The Hall–Kier alpha value is -3.35. The molecule has 0 bridgehead atoms. The fraction of sp³-hybridized carbons (Fsp3) is 0.440. The van der Waals surface area contributed by atoms with Gasteiger partial charge in [0.1, 0.15) is 16.9 Å². The predicted molar refractivity (Wildman–Crippen MR) is 137 cm³/mol. The molecule has 3 rings (SSSR count). The van der Waals surface area contributed by atoms with Crippen LogP contribution >= 0.6 is 15.9 Å². The molecule has 0 saturated heterocycles. The minimum atomic E-state index is -4.84. The van der Waals surface area contributed by atoms with Gasteiger partial charge in [-0.1, -0.05) is 20.8 Å². The van der Waals surface area contributed by atoms with Crippen molar-refractivity contribution in [2.75, 3.05) is 0 Å². The van der Waals surface area contributed by atoms with Crippen LogP contribution in [-0.4, -0.2) is 48.7 Å². The first-order valence-electron chi connectivity index (χ1n) is 11.5. The number of nitrogens with zero attached hydrogens (tertiary/aromatic N) is 4. The Labute approximate surface area is 225 Å². The van der Waals surface area contributed by atoms with Gasteiger partial charge in [0, 0.05) is 12.6 Å². The van der Waals surface area contributed by atoms with Crippen LogP contribution in [0.25, 0.3) is 22.3 Å². The van der Waals surface area contributed by atoms with Crippen LogP contribution in [0.15, 0.2) is 35.1 Å². The number of carboxylic acid groups (broad SMARTS) is 1. The molecule has 0 spiro atoms. The van der Waals surface area contributed by atoms with Crippen molar-refractivity contribution in [3.63, 3.8) is 0 Å². The molecule has 0 fully saturated rings. The van der Waals surface area contributed by atoms with E-state index < -0.39 is 36.4 Å². The van der Waals surface area contributed by atoms with E-state index in [1.54, 1.807) is 25.5 Å². The Morgan fingerprint density at radius 2 is 1.71 bits per heavy atom. The minimum Gasteiger partial charge on any atom is -0.465 e. The summed E-state index contributed by atoms with van der Waals surface area (Å²) in [5.41, 5.74) is 0.723. The van der Waals surface area contributed by atoms with Crippen LogP contribution in [0.3, 0.4) is 0 Å². The highest BCUT2D eigenvalue weighted by molar-refractivity contribution is 9.10. The molecule has 0 radical (unpaired) electrons. The van der Waals surface area contributed by atoms with Crippen molar-refractivity contribution in [1.29, 1.82) is 0 Å². The minimum absolute atomic E-state index is 0.178. The average Bonchev–Trinajstić information content (AvgIpc) is 3.12. The number of halogens is 4. The SMILES string of the molecule is Cn1cnc2c(-c3ccc(OC(F)(F)F)cc3)nc(CN(C(=O)O)C(=O)OC(C)(C)CC(C)(C)C)c(Br)c21. The van der Waals surface area contributed by atoms with Gasteiger partial charge in [0.15, 0.2) is 0 Å². The van der Waals surface area contributed by atoms with E-state index in [1.165, 1.54) is 18.5 Å². The molecular formula is C25H28BrF3N4O5. The van der Waals surface area contributed by atoms with Gasteiger partial charge >= 0.3 is 18.5 Å². The molecule has 38 heavy (non-hydrogen) atoms. The number of imide groups is 1. The van der Waals surface area contributed by atoms with Gasteiger partial charge in [-0.05, 0) is 65.9 Å². The first kappa shape index (κ1) is 29.2. The van der Waals surface area contributed by atoms with Crippen LogP contribution < -0.4 is 4.74 Å². The zero-order chi connectivity index (χ0) is 28.6. The van der Waals surface area contributed by atoms with Crippen molar-refractivity contribution in [2.45, 2.75) is 59.5 Å². The lowest BCUT2D eigenvalue weighted by atomic mass is 9.84. The van der Waals surface area contributed by atoms with E-state index in [0.29, 0.717) is 32.4 Å². The van der Waals surface area contributed by atoms with Gasteiger partial charge in [-0.15, -0.1) is 13.2 Å². The van der Waals surface area contributed by atoms with Crippen LogP contribution in [0.4, 0.5) is 22.8 Å². The standard InChI is InChI=1S/C25H28BrF3N4O5/c1-23(2,3)12-24(4,5)38-22(36)33(21(34)35)11-16-17(26)20-19(30-13-32(20)6)18(31-16)14-7-9-15(10-8-14)37-25(27,28)29/h7-10,13H,11-12H2,1-6H3,(H,34,35). The van der Waals surface area contributed by atoms with Gasteiger partial charge in [0.25, 0.3) is 0 Å². The smallest absolute Gasteiger partial charge is 0.465 e. The number of hydrogen-bond acceptors (Lipinski definition) is 6. The van der Waals surface area contributed by atoms with Crippen LogP contribution in [-0.2, 0) is 18.3 Å². The highest BCUT2D eigenvalue weighted by Crippen LogP contribution is 2.35. The summed E-state index contributed by atoms with van der Waals surface area (Å²) in [6.07, 6.45) is -5.42. The molecule has 2 heterocycles. The number of amides is 2. The van der Waals surface area contributed by atoms with E-state index in [0.717, 1.165) is 12.1 Å². The number of pyridine rings is 1. The van der Waals surface area contributed by atoms with Crippen LogP contribution in [0.5, 0.6) is 5.75 Å². The van der Waals surface area contributed by atoms with Crippen molar-refractivity contribution >= 4 is 39.1 Å². The summed E-state index contributed by atoms with van der Waals surface area (Å²) in [5, 5.41) is 9.82. The fourth-order valence-electron chi connectivity index (χ4n) is 4.32. The molecular weight excluding hydrogens is 573 g/mol. The number of alkyl halides is 3. The summed E-state index contributed by atoms with van der Waals surface area (Å²) in [6, 6.07) is 5.04. The second kappa shape index (κ2) is 10.4. The summed E-state index contributed by atoms with van der Waals surface area (Å²) in [7, 11) is 1.71. The maximum absolute atomic E-state index is 12.9. The summed E-state index contributed by atoms with van der Waals surface area (Å²) >= 11 is 3.45. The quantitative estimate of drug-likeness (QED) is 0.321. The van der Waals surface area contributed by atoms with Crippen LogP contribution in [0, 0.1) is 5.41 Å². The molecule has 9 nitrogen and oxygen atoms in total. The number of aromatic nitrogens is 3. The maximum atomic E-state index is 12.9. The van der Waals surface area contributed by atoms with Crippen molar-refractivity contribution in [1.82, 2.24) is 19.4 Å². The lowest BCUT2D eigenvalue weighted by molar-refractivity contribution is -0.274. The highest BCUT2D eigenvalue weighted by Gasteiger charge is 2.34. The molecule has 0 saturated carbocycles. The molecule has 13 heteroatoms. The molecule has 1 aromatic carbocycles. The summed E-state index contributed by atoms with van der Waals surface area (Å²) in [5.74, 6) is -0.409. The third kappa shape index (κ3) is 7.15. The second-order valence-electron chi connectivity index (χ2n) is 10.6. The monoisotopic (exact) mass is 600 g/mol. The first-order chi connectivity index (χ1) is 17.4. The molecule has 206 valence electrons. The van der Waals surface area contributed by atoms with Gasteiger partial charge in [0.2, 0.25) is 0 Å². The predicted octanol–water partition coefficient (Wildman–Crippen LogP) is 7.13. The third-order valence-corrected chi connectivity index (χ3v) is 6.14. The molecule has 2 amide bonds. The topological polar surface area (TPSA) is 107 Å². The molecule has 2 aromatic heterocycles. The van der Waals surface area contributed by atoms with Gasteiger partial charge in [0.05, 0.1) is 34.2 Å². The number of aryl methyl sites for hydroxylation is 1. The van der Waals surface area contributed by atoms with Crippen molar-refractivity contribution < 1.29 is 37.3 Å². The number of rotatable bonds is 6. The Balaban J connectivity index is 2.01. The Bertz CT molecular complexity index is 1350. The lowest BCUT2D eigenvalue weighted by Gasteiger charge is -2.33. The zero-order valence-electron chi connectivity index (χ0n) is 21.7. The average molecular weight is 601 g/mol. The Morgan fingerprint density at radius 1 is 1.11 bits per heavy atom. The van der Waals surface area contributed by atoms with E-state index in [9.17, 15) is 27.9 Å². The highest BCUT2D eigenvalue weighted by atomic mass is 79.9. The summed E-state index contributed by atoms with van der Waals surface area (Å²) < 4.78 is 49.3. The molecule has 0 aliphatic rings. The van der Waals surface area contributed by atoms with Crippen LogP contribution in [0.1, 0.15) is 46.7 Å². The molecule has 0 aliphatic carbocycles. The van der Waals surface area contributed by atoms with Crippen molar-refractivity contribution in [3.8, 4) is 17.0 Å². The van der Waals surface area contributed by atoms with E-state index in [1.807, 2.05) is 20.8 Å². The van der Waals surface area contributed by atoms with E-state index >= 15 is 0 Å². The number of fused-ring (bicyclic) bond motifs is 1. The molecule has 0 unspecified atom stereocenters. The number of benzene rings is 1. The molecule has 0 aliphatic heterocycles. The fourth-order valence-corrected chi connectivity index (χ4v) is 5.00.